The van der Waals surface area contributed by atoms with Crippen LogP contribution in [0.1, 0.15) is 33.1 Å². The molecule has 1 atom stereocenters. The molecule has 1 amide bonds. The van der Waals surface area contributed by atoms with Gasteiger partial charge in [-0.1, -0.05) is 0 Å². The molecule has 1 aliphatic rings. The summed E-state index contributed by atoms with van der Waals surface area (Å²) in [6, 6.07) is 0.560. The van der Waals surface area contributed by atoms with Gasteiger partial charge in [0.25, 0.3) is 0 Å². The zero-order chi connectivity index (χ0) is 12.7. The Morgan fingerprint density at radius 3 is 2.50 bits per heavy atom. The molecule has 0 aliphatic carbocycles. The van der Waals surface area contributed by atoms with Crippen LogP contribution in [0.15, 0.2) is 0 Å². The fraction of sp³-hybridized carbons (Fsp3) is 0.923. The summed E-state index contributed by atoms with van der Waals surface area (Å²) < 4.78 is 0. The van der Waals surface area contributed by atoms with Crippen molar-refractivity contribution >= 4 is 18.3 Å². The Balaban J connectivity index is 0.00000289. The summed E-state index contributed by atoms with van der Waals surface area (Å²) in [5.41, 5.74) is 0. The van der Waals surface area contributed by atoms with Crippen LogP contribution in [0, 0.1) is 0 Å². The standard InChI is InChI=1S/C13H27N3O.ClH/c1-4-16(5-2)13(17)11-15(3)12-7-6-9-14-10-8-12;/h12,14H,4-11H2,1-3H3;1H. The molecule has 18 heavy (non-hydrogen) atoms. The lowest BCUT2D eigenvalue weighted by atomic mass is 10.1. The quantitative estimate of drug-likeness (QED) is 0.824. The van der Waals surface area contributed by atoms with Crippen molar-refractivity contribution in [1.82, 2.24) is 15.1 Å². The Labute approximate surface area is 117 Å². The predicted molar refractivity (Wildman–Crippen MR) is 78.3 cm³/mol. The van der Waals surface area contributed by atoms with Crippen LogP contribution < -0.4 is 5.32 Å². The van der Waals surface area contributed by atoms with Gasteiger partial charge in [0.05, 0.1) is 6.54 Å². The number of carbonyl (C=O) groups excluding carboxylic acids is 1. The summed E-state index contributed by atoms with van der Waals surface area (Å²) in [5.74, 6) is 0.259. The van der Waals surface area contributed by atoms with E-state index in [-0.39, 0.29) is 18.3 Å². The van der Waals surface area contributed by atoms with E-state index < -0.39 is 0 Å². The zero-order valence-electron chi connectivity index (χ0n) is 11.9. The first-order valence-corrected chi connectivity index (χ1v) is 6.87. The maximum atomic E-state index is 12.0. The van der Waals surface area contributed by atoms with E-state index in [9.17, 15) is 4.79 Å². The van der Waals surface area contributed by atoms with Crippen molar-refractivity contribution in [1.29, 1.82) is 0 Å². The molecule has 1 aliphatic heterocycles. The van der Waals surface area contributed by atoms with E-state index in [1.165, 1.54) is 12.8 Å². The first-order valence-electron chi connectivity index (χ1n) is 6.87. The predicted octanol–water partition coefficient (Wildman–Crippen LogP) is 1.35. The maximum absolute atomic E-state index is 12.0. The highest BCUT2D eigenvalue weighted by molar-refractivity contribution is 5.85. The second-order valence-corrected chi connectivity index (χ2v) is 4.82. The molecule has 1 N–H and O–H groups in total. The molecule has 1 fully saturated rings. The van der Waals surface area contributed by atoms with Crippen molar-refractivity contribution < 1.29 is 4.79 Å². The Hall–Kier alpha value is -0.320. The average Bonchev–Trinajstić information content (AvgIpc) is 2.59. The minimum Gasteiger partial charge on any atom is -0.342 e. The number of likely N-dealkylation sites (N-methyl/N-ethyl adjacent to an activating group) is 2. The van der Waals surface area contributed by atoms with E-state index in [1.54, 1.807) is 0 Å². The van der Waals surface area contributed by atoms with Crippen LogP contribution >= 0.6 is 12.4 Å². The molecular formula is C13H28ClN3O. The zero-order valence-corrected chi connectivity index (χ0v) is 12.8. The third kappa shape index (κ3) is 5.55. The molecule has 0 radical (unpaired) electrons. The smallest absolute Gasteiger partial charge is 0.236 e. The van der Waals surface area contributed by atoms with Gasteiger partial charge in [0, 0.05) is 19.1 Å². The molecule has 108 valence electrons. The van der Waals surface area contributed by atoms with E-state index in [0.717, 1.165) is 32.6 Å². The highest BCUT2D eigenvalue weighted by Crippen LogP contribution is 2.11. The first kappa shape index (κ1) is 17.7. The Morgan fingerprint density at radius 2 is 1.89 bits per heavy atom. The molecule has 1 rings (SSSR count). The van der Waals surface area contributed by atoms with Gasteiger partial charge in [-0.15, -0.1) is 12.4 Å². The van der Waals surface area contributed by atoms with Crippen LogP contribution in [0.5, 0.6) is 0 Å². The summed E-state index contributed by atoms with van der Waals surface area (Å²) in [6.07, 6.45) is 3.57. The third-order valence-electron chi connectivity index (χ3n) is 3.67. The lowest BCUT2D eigenvalue weighted by Gasteiger charge is -2.28. The molecule has 0 spiro atoms. The van der Waals surface area contributed by atoms with Gasteiger partial charge in [0.2, 0.25) is 5.91 Å². The first-order chi connectivity index (χ1) is 8.19. The molecule has 1 unspecified atom stereocenters. The van der Waals surface area contributed by atoms with Gasteiger partial charge in [-0.25, -0.2) is 0 Å². The fourth-order valence-corrected chi connectivity index (χ4v) is 2.46. The van der Waals surface area contributed by atoms with Crippen LogP contribution in [0.25, 0.3) is 0 Å². The molecule has 0 bridgehead atoms. The van der Waals surface area contributed by atoms with E-state index in [1.807, 2.05) is 18.7 Å². The number of hydrogen-bond donors (Lipinski definition) is 1. The normalized spacial score (nSPS) is 20.1. The highest BCUT2D eigenvalue weighted by Gasteiger charge is 2.20. The molecule has 1 saturated heterocycles. The molecular weight excluding hydrogens is 250 g/mol. The van der Waals surface area contributed by atoms with Crippen LogP contribution in [0.3, 0.4) is 0 Å². The van der Waals surface area contributed by atoms with Crippen LogP contribution in [0.4, 0.5) is 0 Å². The molecule has 0 aromatic carbocycles. The Kier molecular flexibility index (Phi) is 9.42. The van der Waals surface area contributed by atoms with E-state index in [4.69, 9.17) is 0 Å². The van der Waals surface area contributed by atoms with Gasteiger partial charge in [0.1, 0.15) is 0 Å². The van der Waals surface area contributed by atoms with Gasteiger partial charge in [0.15, 0.2) is 0 Å². The van der Waals surface area contributed by atoms with Crippen molar-refractivity contribution in [3.8, 4) is 0 Å². The molecule has 0 aromatic rings. The summed E-state index contributed by atoms with van der Waals surface area (Å²) in [6.45, 7) is 8.47. The second kappa shape index (κ2) is 9.59. The highest BCUT2D eigenvalue weighted by atomic mass is 35.5. The van der Waals surface area contributed by atoms with Crippen molar-refractivity contribution in [3.63, 3.8) is 0 Å². The topological polar surface area (TPSA) is 35.6 Å². The molecule has 0 aromatic heterocycles. The van der Waals surface area contributed by atoms with Crippen molar-refractivity contribution in [2.45, 2.75) is 39.2 Å². The number of carbonyl (C=O) groups is 1. The number of halogens is 1. The van der Waals surface area contributed by atoms with E-state index in [0.29, 0.717) is 12.6 Å². The minimum atomic E-state index is 0. The third-order valence-corrected chi connectivity index (χ3v) is 3.67. The lowest BCUT2D eigenvalue weighted by molar-refractivity contribution is -0.132. The Morgan fingerprint density at radius 1 is 1.22 bits per heavy atom. The van der Waals surface area contributed by atoms with Crippen LogP contribution in [-0.4, -0.2) is 61.5 Å². The number of nitrogens with zero attached hydrogens (tertiary/aromatic N) is 2. The monoisotopic (exact) mass is 277 g/mol. The average molecular weight is 278 g/mol. The molecule has 0 saturated carbocycles. The minimum absolute atomic E-state index is 0. The Bertz CT molecular complexity index is 226. The fourth-order valence-electron chi connectivity index (χ4n) is 2.46. The number of rotatable bonds is 5. The summed E-state index contributed by atoms with van der Waals surface area (Å²) >= 11 is 0. The second-order valence-electron chi connectivity index (χ2n) is 4.82. The van der Waals surface area contributed by atoms with Gasteiger partial charge >= 0.3 is 0 Å². The van der Waals surface area contributed by atoms with Gasteiger partial charge in [-0.05, 0) is 53.2 Å². The number of hydrogen-bond acceptors (Lipinski definition) is 3. The van der Waals surface area contributed by atoms with E-state index >= 15 is 0 Å². The number of nitrogens with one attached hydrogen (secondary N) is 1. The molecule has 5 heteroatoms. The summed E-state index contributed by atoms with van der Waals surface area (Å²) in [7, 11) is 2.08. The van der Waals surface area contributed by atoms with Crippen molar-refractivity contribution in [3.05, 3.63) is 0 Å². The van der Waals surface area contributed by atoms with Crippen LogP contribution in [0.2, 0.25) is 0 Å². The summed E-state index contributed by atoms with van der Waals surface area (Å²) in [4.78, 5) is 16.2. The largest absolute Gasteiger partial charge is 0.342 e. The van der Waals surface area contributed by atoms with Crippen molar-refractivity contribution in [2.75, 3.05) is 39.8 Å². The lowest BCUT2D eigenvalue weighted by Crippen LogP contribution is -2.42. The SMILES string of the molecule is CCN(CC)C(=O)CN(C)C1CCCNCC1.Cl. The van der Waals surface area contributed by atoms with Gasteiger partial charge < -0.3 is 10.2 Å². The van der Waals surface area contributed by atoms with Crippen molar-refractivity contribution in [2.24, 2.45) is 0 Å². The van der Waals surface area contributed by atoms with Gasteiger partial charge in [-0.2, -0.15) is 0 Å². The van der Waals surface area contributed by atoms with Gasteiger partial charge in [-0.3, -0.25) is 9.69 Å². The van der Waals surface area contributed by atoms with Crippen LogP contribution in [-0.2, 0) is 4.79 Å². The molecule has 4 nitrogen and oxygen atoms in total. The maximum Gasteiger partial charge on any atom is 0.236 e. The molecule has 1 heterocycles. The summed E-state index contributed by atoms with van der Waals surface area (Å²) in [5, 5.41) is 3.41. The number of amides is 1. The van der Waals surface area contributed by atoms with E-state index in [2.05, 4.69) is 17.3 Å².